The SMILES string of the molecule is Cc1ccc(O)c(C2=NN3[C@@H](c4sccc4C)Oc4ccccc4[C@@H]3C2)c1. The van der Waals surface area contributed by atoms with Crippen LogP contribution in [0.3, 0.4) is 0 Å². The maximum Gasteiger partial charge on any atom is 0.223 e. The summed E-state index contributed by atoms with van der Waals surface area (Å²) < 4.78 is 6.38. The number of hydrazone groups is 1. The van der Waals surface area contributed by atoms with Crippen LogP contribution in [0.4, 0.5) is 0 Å². The summed E-state index contributed by atoms with van der Waals surface area (Å²) in [7, 11) is 0. The Bertz CT molecular complexity index is 1060. The van der Waals surface area contributed by atoms with E-state index in [-0.39, 0.29) is 18.0 Å². The van der Waals surface area contributed by atoms with E-state index in [9.17, 15) is 5.11 Å². The molecule has 0 fully saturated rings. The Labute approximate surface area is 162 Å². The van der Waals surface area contributed by atoms with Crippen molar-refractivity contribution in [3.8, 4) is 11.5 Å². The molecule has 2 aliphatic heterocycles. The number of benzene rings is 2. The second kappa shape index (κ2) is 6.13. The smallest absolute Gasteiger partial charge is 0.223 e. The van der Waals surface area contributed by atoms with Crippen molar-refractivity contribution in [2.45, 2.75) is 32.5 Å². The molecule has 136 valence electrons. The van der Waals surface area contributed by atoms with Crippen LogP contribution in [-0.4, -0.2) is 15.8 Å². The van der Waals surface area contributed by atoms with Crippen LogP contribution >= 0.6 is 11.3 Å². The largest absolute Gasteiger partial charge is 0.507 e. The highest BCUT2D eigenvalue weighted by atomic mass is 32.1. The van der Waals surface area contributed by atoms with Crippen LogP contribution in [0, 0.1) is 13.8 Å². The number of fused-ring (bicyclic) bond motifs is 3. The Hall–Kier alpha value is -2.79. The molecule has 3 aromatic rings. The summed E-state index contributed by atoms with van der Waals surface area (Å²) in [4.78, 5) is 1.17. The molecule has 0 amide bonds. The molecule has 2 atom stereocenters. The molecule has 1 N–H and O–H groups in total. The predicted molar refractivity (Wildman–Crippen MR) is 107 cm³/mol. The summed E-state index contributed by atoms with van der Waals surface area (Å²) in [5, 5.41) is 19.5. The van der Waals surface area contributed by atoms with Crippen molar-refractivity contribution in [3.63, 3.8) is 0 Å². The van der Waals surface area contributed by atoms with Gasteiger partial charge in [0, 0.05) is 17.5 Å². The molecule has 0 unspecified atom stereocenters. The summed E-state index contributed by atoms with van der Waals surface area (Å²) in [6, 6.07) is 16.1. The number of hydrogen-bond acceptors (Lipinski definition) is 5. The zero-order valence-corrected chi connectivity index (χ0v) is 16.0. The molecule has 0 bridgehead atoms. The molecule has 2 aliphatic rings. The molecule has 0 saturated carbocycles. The van der Waals surface area contributed by atoms with Crippen molar-refractivity contribution in [1.29, 1.82) is 0 Å². The van der Waals surface area contributed by atoms with Gasteiger partial charge in [0.2, 0.25) is 6.23 Å². The van der Waals surface area contributed by atoms with Gasteiger partial charge in [0.25, 0.3) is 0 Å². The highest BCUT2D eigenvalue weighted by Crippen LogP contribution is 2.49. The lowest BCUT2D eigenvalue weighted by Gasteiger charge is -2.37. The lowest BCUT2D eigenvalue weighted by molar-refractivity contribution is -0.0169. The Morgan fingerprint density at radius 1 is 1.15 bits per heavy atom. The molecule has 0 aliphatic carbocycles. The first-order valence-corrected chi connectivity index (χ1v) is 9.95. The zero-order chi connectivity index (χ0) is 18.5. The molecule has 1 aromatic heterocycles. The maximum absolute atomic E-state index is 10.4. The van der Waals surface area contributed by atoms with Gasteiger partial charge in [-0.3, -0.25) is 0 Å². The zero-order valence-electron chi connectivity index (χ0n) is 15.2. The number of thiophene rings is 1. The van der Waals surface area contributed by atoms with E-state index < -0.39 is 0 Å². The Kier molecular flexibility index (Phi) is 3.72. The van der Waals surface area contributed by atoms with Gasteiger partial charge in [0.15, 0.2) is 0 Å². The minimum atomic E-state index is -0.241. The highest BCUT2D eigenvalue weighted by Gasteiger charge is 2.42. The molecule has 3 heterocycles. The quantitative estimate of drug-likeness (QED) is 0.659. The van der Waals surface area contributed by atoms with Gasteiger partial charge >= 0.3 is 0 Å². The minimum absolute atomic E-state index is 0.108. The lowest BCUT2D eigenvalue weighted by atomic mass is 9.95. The van der Waals surface area contributed by atoms with E-state index in [1.165, 1.54) is 10.4 Å². The first kappa shape index (κ1) is 16.4. The molecular formula is C22H20N2O2S. The maximum atomic E-state index is 10.4. The predicted octanol–water partition coefficient (Wildman–Crippen LogP) is 5.31. The van der Waals surface area contributed by atoms with Crippen LogP contribution in [0.15, 0.2) is 59.0 Å². The number of aryl methyl sites for hydroxylation is 2. The van der Waals surface area contributed by atoms with E-state index in [1.807, 2.05) is 37.3 Å². The normalized spacial score (nSPS) is 20.7. The van der Waals surface area contributed by atoms with Crippen LogP contribution < -0.4 is 4.74 Å². The Morgan fingerprint density at radius 2 is 2.00 bits per heavy atom. The highest BCUT2D eigenvalue weighted by molar-refractivity contribution is 7.10. The van der Waals surface area contributed by atoms with Crippen molar-refractivity contribution >= 4 is 17.0 Å². The number of phenolic OH excluding ortho intramolecular Hbond substituents is 1. The monoisotopic (exact) mass is 376 g/mol. The molecule has 4 nitrogen and oxygen atoms in total. The summed E-state index contributed by atoms with van der Waals surface area (Å²) in [5.41, 5.74) is 5.18. The summed E-state index contributed by atoms with van der Waals surface area (Å²) in [6.45, 7) is 4.14. The number of rotatable bonds is 2. The number of para-hydroxylation sites is 1. The third-order valence-electron chi connectivity index (χ3n) is 5.29. The molecule has 5 rings (SSSR count). The molecule has 0 radical (unpaired) electrons. The Balaban J connectivity index is 1.63. The van der Waals surface area contributed by atoms with Gasteiger partial charge in [-0.1, -0.05) is 29.8 Å². The van der Waals surface area contributed by atoms with Gasteiger partial charge in [-0.2, -0.15) is 5.10 Å². The van der Waals surface area contributed by atoms with Crippen molar-refractivity contribution in [3.05, 3.63) is 81.0 Å². The number of aromatic hydroxyl groups is 1. The third-order valence-corrected chi connectivity index (χ3v) is 6.34. The fourth-order valence-corrected chi connectivity index (χ4v) is 4.83. The molecule has 27 heavy (non-hydrogen) atoms. The van der Waals surface area contributed by atoms with Crippen molar-refractivity contribution in [1.82, 2.24) is 5.01 Å². The number of ether oxygens (including phenoxy) is 1. The number of nitrogens with zero attached hydrogens (tertiary/aromatic N) is 2. The van der Waals surface area contributed by atoms with E-state index >= 15 is 0 Å². The van der Waals surface area contributed by atoms with E-state index in [2.05, 4.69) is 29.4 Å². The van der Waals surface area contributed by atoms with Crippen LogP contribution in [0.25, 0.3) is 0 Å². The minimum Gasteiger partial charge on any atom is -0.507 e. The molecule has 0 saturated heterocycles. The average molecular weight is 376 g/mol. The van der Waals surface area contributed by atoms with Gasteiger partial charge in [0.05, 0.1) is 16.6 Å². The number of phenols is 1. The van der Waals surface area contributed by atoms with Gasteiger partial charge in [-0.15, -0.1) is 11.3 Å². The van der Waals surface area contributed by atoms with Crippen LogP contribution in [-0.2, 0) is 0 Å². The summed E-state index contributed by atoms with van der Waals surface area (Å²) in [6.07, 6.45) is 0.507. The van der Waals surface area contributed by atoms with Crippen LogP contribution in [0.2, 0.25) is 0 Å². The van der Waals surface area contributed by atoms with Crippen molar-refractivity contribution in [2.75, 3.05) is 0 Å². The standard InChI is InChI=1S/C22H20N2O2S/c1-13-7-8-19(25)16(11-13)17-12-18-15-5-3-4-6-20(15)26-22(24(18)23-17)21-14(2)9-10-27-21/h3-11,18,22,25H,12H2,1-2H3/t18-,22+/m0/s1. The van der Waals surface area contributed by atoms with Gasteiger partial charge < -0.3 is 9.84 Å². The van der Waals surface area contributed by atoms with Gasteiger partial charge in [-0.05, 0) is 49.1 Å². The van der Waals surface area contributed by atoms with Crippen molar-refractivity contribution in [2.24, 2.45) is 5.10 Å². The second-order valence-electron chi connectivity index (χ2n) is 7.14. The molecule has 0 spiro atoms. The average Bonchev–Trinajstić information content (AvgIpc) is 3.30. The molecule has 2 aromatic carbocycles. The molecular weight excluding hydrogens is 356 g/mol. The van der Waals surface area contributed by atoms with Crippen LogP contribution in [0.5, 0.6) is 11.5 Å². The first-order valence-electron chi connectivity index (χ1n) is 9.07. The summed E-state index contributed by atoms with van der Waals surface area (Å²) >= 11 is 1.70. The third kappa shape index (κ3) is 2.61. The Morgan fingerprint density at radius 3 is 2.81 bits per heavy atom. The fourth-order valence-electron chi connectivity index (χ4n) is 3.89. The van der Waals surface area contributed by atoms with Crippen molar-refractivity contribution < 1.29 is 9.84 Å². The molecule has 5 heteroatoms. The van der Waals surface area contributed by atoms with E-state index in [4.69, 9.17) is 9.84 Å². The summed E-state index contributed by atoms with van der Waals surface area (Å²) in [5.74, 6) is 1.19. The topological polar surface area (TPSA) is 45.1 Å². The lowest BCUT2D eigenvalue weighted by Crippen LogP contribution is -2.33. The van der Waals surface area contributed by atoms with E-state index in [0.29, 0.717) is 0 Å². The first-order chi connectivity index (χ1) is 13.1. The fraction of sp³-hybridized carbons (Fsp3) is 0.227. The van der Waals surface area contributed by atoms with Crippen LogP contribution in [0.1, 0.15) is 45.8 Å². The van der Waals surface area contributed by atoms with E-state index in [1.54, 1.807) is 17.4 Å². The number of hydrogen-bond donors (Lipinski definition) is 1. The van der Waals surface area contributed by atoms with Gasteiger partial charge in [0.1, 0.15) is 11.5 Å². The van der Waals surface area contributed by atoms with E-state index in [0.717, 1.165) is 34.6 Å². The second-order valence-corrected chi connectivity index (χ2v) is 8.09. The van der Waals surface area contributed by atoms with Gasteiger partial charge in [-0.25, -0.2) is 5.01 Å².